The van der Waals surface area contributed by atoms with Crippen molar-refractivity contribution < 1.29 is 8.42 Å². The lowest BCUT2D eigenvalue weighted by Gasteiger charge is -2.36. The molecule has 2 fully saturated rings. The Morgan fingerprint density at radius 2 is 1.61 bits per heavy atom. The lowest BCUT2D eigenvalue weighted by molar-refractivity contribution is 0.395. The maximum atomic E-state index is 11.7. The standard InChI is InChI=1S/C23H29N5O2S/c1-25-11-10-20(17-25)28-12-9-18-3-8-22(24-23(18)28)27-15-13-26(14-16-27)19-4-6-21(7-5-19)31(2,29)30/h3-9,12,20H,10-11,13-17H2,1-2H3/t20-/m1/s1. The summed E-state index contributed by atoms with van der Waals surface area (Å²) in [5.41, 5.74) is 2.14. The first-order chi connectivity index (χ1) is 14.9. The second kappa shape index (κ2) is 7.84. The molecule has 2 aliphatic heterocycles. The number of aromatic nitrogens is 2. The van der Waals surface area contributed by atoms with Gasteiger partial charge in [-0.3, -0.25) is 0 Å². The average Bonchev–Trinajstić information content (AvgIpc) is 3.38. The molecule has 0 bridgehead atoms. The molecule has 31 heavy (non-hydrogen) atoms. The number of pyridine rings is 1. The Balaban J connectivity index is 1.30. The van der Waals surface area contributed by atoms with Crippen LogP contribution in [0.3, 0.4) is 0 Å². The van der Waals surface area contributed by atoms with E-state index in [1.165, 1.54) is 18.1 Å². The second-order valence-corrected chi connectivity index (χ2v) is 10.8. The van der Waals surface area contributed by atoms with E-state index in [0.717, 1.165) is 56.4 Å². The van der Waals surface area contributed by atoms with Gasteiger partial charge >= 0.3 is 0 Å². The summed E-state index contributed by atoms with van der Waals surface area (Å²) in [6, 6.07) is 14.2. The van der Waals surface area contributed by atoms with Crippen molar-refractivity contribution in [2.75, 3.05) is 62.4 Å². The molecule has 8 heteroatoms. The summed E-state index contributed by atoms with van der Waals surface area (Å²) in [6.45, 7) is 5.75. The number of nitrogens with zero attached hydrogens (tertiary/aromatic N) is 5. The molecule has 1 aromatic carbocycles. The van der Waals surface area contributed by atoms with Gasteiger partial charge in [-0.1, -0.05) is 0 Å². The Labute approximate surface area is 183 Å². The number of hydrogen-bond acceptors (Lipinski definition) is 6. The number of hydrogen-bond donors (Lipinski definition) is 0. The fraction of sp³-hybridized carbons (Fsp3) is 0.435. The SMILES string of the molecule is CN1CC[C@@H](n2ccc3ccc(N4CCN(c5ccc(S(C)(=O)=O)cc5)CC4)nc32)C1. The number of piperazine rings is 1. The van der Waals surface area contributed by atoms with E-state index in [0.29, 0.717) is 10.9 Å². The van der Waals surface area contributed by atoms with Crippen molar-refractivity contribution in [2.24, 2.45) is 0 Å². The zero-order valence-corrected chi connectivity index (χ0v) is 18.9. The first-order valence-electron chi connectivity index (χ1n) is 10.8. The third-order valence-electron chi connectivity index (χ3n) is 6.54. The van der Waals surface area contributed by atoms with E-state index in [1.807, 2.05) is 12.1 Å². The fourth-order valence-corrected chi connectivity index (χ4v) is 5.36. The van der Waals surface area contributed by atoms with Gasteiger partial charge in [-0.15, -0.1) is 0 Å². The van der Waals surface area contributed by atoms with Crippen LogP contribution in [0.1, 0.15) is 12.5 Å². The quantitative estimate of drug-likeness (QED) is 0.623. The molecule has 0 spiro atoms. The molecule has 0 saturated carbocycles. The monoisotopic (exact) mass is 439 g/mol. The van der Waals surface area contributed by atoms with Crippen molar-refractivity contribution in [3.63, 3.8) is 0 Å². The van der Waals surface area contributed by atoms with E-state index in [1.54, 1.807) is 12.1 Å². The van der Waals surface area contributed by atoms with Crippen molar-refractivity contribution >= 4 is 32.4 Å². The minimum atomic E-state index is -3.16. The van der Waals surface area contributed by atoms with Gasteiger partial charge in [-0.2, -0.15) is 0 Å². The fourth-order valence-electron chi connectivity index (χ4n) is 4.72. The Morgan fingerprint density at radius 3 is 2.26 bits per heavy atom. The van der Waals surface area contributed by atoms with Gasteiger partial charge in [0.15, 0.2) is 9.84 Å². The Bertz CT molecular complexity index is 1180. The second-order valence-electron chi connectivity index (χ2n) is 8.75. The van der Waals surface area contributed by atoms with Gasteiger partial charge in [-0.25, -0.2) is 13.4 Å². The predicted molar refractivity (Wildman–Crippen MR) is 125 cm³/mol. The molecular formula is C23H29N5O2S. The van der Waals surface area contributed by atoms with Crippen LogP contribution in [0.2, 0.25) is 0 Å². The molecule has 5 rings (SSSR count). The van der Waals surface area contributed by atoms with Crippen LogP contribution < -0.4 is 9.80 Å². The van der Waals surface area contributed by atoms with E-state index in [9.17, 15) is 8.42 Å². The summed E-state index contributed by atoms with van der Waals surface area (Å²) >= 11 is 0. The topological polar surface area (TPSA) is 61.7 Å². The molecule has 0 unspecified atom stereocenters. The summed E-state index contributed by atoms with van der Waals surface area (Å²) in [5, 5.41) is 1.20. The number of fused-ring (bicyclic) bond motifs is 1. The molecule has 4 heterocycles. The van der Waals surface area contributed by atoms with E-state index in [4.69, 9.17) is 4.98 Å². The molecule has 2 saturated heterocycles. The van der Waals surface area contributed by atoms with E-state index in [-0.39, 0.29) is 0 Å². The molecule has 7 nitrogen and oxygen atoms in total. The lowest BCUT2D eigenvalue weighted by Crippen LogP contribution is -2.46. The molecule has 0 radical (unpaired) electrons. The molecule has 0 aliphatic carbocycles. The van der Waals surface area contributed by atoms with Crippen LogP contribution in [0.4, 0.5) is 11.5 Å². The molecule has 1 atom stereocenters. The molecule has 2 aromatic heterocycles. The van der Waals surface area contributed by atoms with Gasteiger partial charge in [0.2, 0.25) is 0 Å². The highest BCUT2D eigenvalue weighted by molar-refractivity contribution is 7.90. The molecule has 0 N–H and O–H groups in total. The number of sulfone groups is 1. The van der Waals surface area contributed by atoms with Crippen molar-refractivity contribution in [1.82, 2.24) is 14.5 Å². The third-order valence-corrected chi connectivity index (χ3v) is 7.67. The molecule has 3 aromatic rings. The van der Waals surface area contributed by atoms with Crippen LogP contribution in [-0.2, 0) is 9.84 Å². The average molecular weight is 440 g/mol. The van der Waals surface area contributed by atoms with Gasteiger partial charge < -0.3 is 19.3 Å². The van der Waals surface area contributed by atoms with Gasteiger partial charge in [0, 0.05) is 62.3 Å². The smallest absolute Gasteiger partial charge is 0.175 e. The molecule has 2 aliphatic rings. The van der Waals surface area contributed by atoms with E-state index < -0.39 is 9.84 Å². The number of likely N-dealkylation sites (tertiary alicyclic amines) is 1. The van der Waals surface area contributed by atoms with Crippen LogP contribution in [-0.4, -0.2) is 75.4 Å². The summed E-state index contributed by atoms with van der Waals surface area (Å²) in [7, 11) is -0.982. The van der Waals surface area contributed by atoms with Crippen LogP contribution in [0, 0.1) is 0 Å². The van der Waals surface area contributed by atoms with Gasteiger partial charge in [0.1, 0.15) is 11.5 Å². The van der Waals surface area contributed by atoms with Crippen LogP contribution >= 0.6 is 0 Å². The minimum absolute atomic E-state index is 0.365. The van der Waals surface area contributed by atoms with Crippen LogP contribution in [0.15, 0.2) is 53.6 Å². The van der Waals surface area contributed by atoms with Crippen molar-refractivity contribution in [2.45, 2.75) is 17.4 Å². The van der Waals surface area contributed by atoms with E-state index >= 15 is 0 Å². The Hall–Kier alpha value is -2.58. The Kier molecular flexibility index (Phi) is 5.14. The number of rotatable bonds is 4. The number of anilines is 2. The van der Waals surface area contributed by atoms with Gasteiger partial charge in [0.05, 0.1) is 4.90 Å². The normalized spacial score (nSPS) is 20.6. The first kappa shape index (κ1) is 20.3. The number of benzene rings is 1. The zero-order chi connectivity index (χ0) is 21.6. The van der Waals surface area contributed by atoms with Crippen molar-refractivity contribution in [3.05, 3.63) is 48.7 Å². The largest absolute Gasteiger partial charge is 0.368 e. The van der Waals surface area contributed by atoms with E-state index in [2.05, 4.69) is 50.7 Å². The van der Waals surface area contributed by atoms with Crippen LogP contribution in [0.25, 0.3) is 11.0 Å². The Morgan fingerprint density at radius 1 is 0.903 bits per heavy atom. The summed E-state index contributed by atoms with van der Waals surface area (Å²) in [6.07, 6.45) is 4.60. The van der Waals surface area contributed by atoms with Crippen molar-refractivity contribution in [3.8, 4) is 0 Å². The lowest BCUT2D eigenvalue weighted by atomic mass is 10.2. The molecule has 0 amide bonds. The minimum Gasteiger partial charge on any atom is -0.368 e. The predicted octanol–water partition coefficient (Wildman–Crippen LogP) is 2.64. The maximum Gasteiger partial charge on any atom is 0.175 e. The highest BCUT2D eigenvalue weighted by Gasteiger charge is 2.24. The summed E-state index contributed by atoms with van der Waals surface area (Å²) in [4.78, 5) is 12.4. The number of likely N-dealkylation sites (N-methyl/N-ethyl adjacent to an activating group) is 1. The maximum absolute atomic E-state index is 11.7. The summed E-state index contributed by atoms with van der Waals surface area (Å²) in [5.74, 6) is 1.03. The molecular weight excluding hydrogens is 410 g/mol. The first-order valence-corrected chi connectivity index (χ1v) is 12.7. The van der Waals surface area contributed by atoms with Crippen molar-refractivity contribution in [1.29, 1.82) is 0 Å². The summed E-state index contributed by atoms with van der Waals surface area (Å²) < 4.78 is 25.7. The van der Waals surface area contributed by atoms with Crippen LogP contribution in [0.5, 0.6) is 0 Å². The van der Waals surface area contributed by atoms with Gasteiger partial charge in [-0.05, 0) is 62.5 Å². The van der Waals surface area contributed by atoms with Gasteiger partial charge in [0.25, 0.3) is 0 Å². The molecule has 164 valence electrons. The highest BCUT2D eigenvalue weighted by Crippen LogP contribution is 2.28. The third kappa shape index (κ3) is 4.02. The zero-order valence-electron chi connectivity index (χ0n) is 18.1. The highest BCUT2D eigenvalue weighted by atomic mass is 32.2.